The van der Waals surface area contributed by atoms with E-state index >= 15 is 0 Å². The van der Waals surface area contributed by atoms with Crippen molar-refractivity contribution in [2.75, 3.05) is 0 Å². The zero-order chi connectivity index (χ0) is 12.3. The van der Waals surface area contributed by atoms with Gasteiger partial charge in [0.15, 0.2) is 0 Å². The third kappa shape index (κ3) is 2.90. The summed E-state index contributed by atoms with van der Waals surface area (Å²) < 4.78 is 0. The summed E-state index contributed by atoms with van der Waals surface area (Å²) in [7, 11) is 0. The van der Waals surface area contributed by atoms with Gasteiger partial charge in [-0.1, -0.05) is 13.8 Å². The van der Waals surface area contributed by atoms with E-state index in [-0.39, 0.29) is 11.8 Å². The molecule has 0 aromatic carbocycles. The van der Waals surface area contributed by atoms with E-state index in [1.54, 1.807) is 12.4 Å². The van der Waals surface area contributed by atoms with Crippen molar-refractivity contribution in [3.63, 3.8) is 0 Å². The van der Waals surface area contributed by atoms with Gasteiger partial charge in [0.2, 0.25) is 5.91 Å². The Bertz CT molecular complexity index is 428. The van der Waals surface area contributed by atoms with Crippen molar-refractivity contribution in [2.24, 2.45) is 16.9 Å². The maximum absolute atomic E-state index is 11.6. The van der Waals surface area contributed by atoms with E-state index in [4.69, 9.17) is 0 Å². The van der Waals surface area contributed by atoms with E-state index in [2.05, 4.69) is 22.4 Å². The maximum atomic E-state index is 11.6. The Morgan fingerprint density at radius 1 is 1.53 bits per heavy atom. The molecule has 1 N–H and O–H groups in total. The lowest BCUT2D eigenvalue weighted by molar-refractivity contribution is -0.122. The molecule has 17 heavy (non-hydrogen) atoms. The first-order chi connectivity index (χ1) is 8.22. The molecule has 0 bridgehead atoms. The van der Waals surface area contributed by atoms with Crippen molar-refractivity contribution in [1.29, 1.82) is 0 Å². The standard InChI is InChI=1S/C13H17N3O/c1-3-12(10-4-6-14-7-5-10)15-16-13(17)11-8-9(11)2/h4-7,9,11H,3,8H2,1-2H3,(H,16,17). The number of carbonyl (C=O) groups excluding carboxylic acids is 1. The molecule has 2 unspecified atom stereocenters. The fourth-order valence-corrected chi connectivity index (χ4v) is 1.78. The Morgan fingerprint density at radius 2 is 2.18 bits per heavy atom. The summed E-state index contributed by atoms with van der Waals surface area (Å²) in [4.78, 5) is 15.6. The predicted octanol–water partition coefficient (Wildman–Crippen LogP) is 1.97. The van der Waals surface area contributed by atoms with Crippen LogP contribution in [0.5, 0.6) is 0 Å². The summed E-state index contributed by atoms with van der Waals surface area (Å²) in [5.41, 5.74) is 4.54. The summed E-state index contributed by atoms with van der Waals surface area (Å²) in [5, 5.41) is 4.20. The molecule has 0 aliphatic heterocycles. The first-order valence-electron chi connectivity index (χ1n) is 5.99. The molecule has 4 nitrogen and oxygen atoms in total. The molecule has 1 aromatic heterocycles. The molecule has 1 aliphatic rings. The molecule has 0 radical (unpaired) electrons. The van der Waals surface area contributed by atoms with Gasteiger partial charge in [-0.25, -0.2) is 5.43 Å². The molecule has 90 valence electrons. The van der Waals surface area contributed by atoms with Crippen LogP contribution in [0.3, 0.4) is 0 Å². The summed E-state index contributed by atoms with van der Waals surface area (Å²) in [6, 6.07) is 3.79. The number of hydrogen-bond acceptors (Lipinski definition) is 3. The third-order valence-corrected chi connectivity index (χ3v) is 3.10. The second-order valence-corrected chi connectivity index (χ2v) is 4.44. The van der Waals surface area contributed by atoms with Gasteiger partial charge < -0.3 is 0 Å². The Kier molecular flexibility index (Phi) is 3.52. The van der Waals surface area contributed by atoms with Gasteiger partial charge in [-0.15, -0.1) is 0 Å². The first-order valence-corrected chi connectivity index (χ1v) is 5.99. The van der Waals surface area contributed by atoms with Gasteiger partial charge in [0.05, 0.1) is 5.71 Å². The number of rotatable bonds is 4. The molecular formula is C13H17N3O. The van der Waals surface area contributed by atoms with E-state index < -0.39 is 0 Å². The number of hydrogen-bond donors (Lipinski definition) is 1. The number of hydrazone groups is 1. The van der Waals surface area contributed by atoms with Crippen LogP contribution in [0.15, 0.2) is 29.6 Å². The van der Waals surface area contributed by atoms with E-state index in [0.29, 0.717) is 5.92 Å². The highest BCUT2D eigenvalue weighted by Gasteiger charge is 2.39. The molecule has 2 atom stereocenters. The number of nitrogens with zero attached hydrogens (tertiary/aromatic N) is 2. The molecule has 1 heterocycles. The average Bonchev–Trinajstić information content (AvgIpc) is 3.08. The molecule has 1 fully saturated rings. The minimum absolute atomic E-state index is 0.0394. The molecular weight excluding hydrogens is 214 g/mol. The minimum atomic E-state index is 0.0394. The van der Waals surface area contributed by atoms with Crippen molar-refractivity contribution < 1.29 is 4.79 Å². The van der Waals surface area contributed by atoms with Crippen LogP contribution in [0, 0.1) is 11.8 Å². The van der Waals surface area contributed by atoms with Gasteiger partial charge in [-0.2, -0.15) is 5.10 Å². The highest BCUT2D eigenvalue weighted by molar-refractivity contribution is 6.00. The van der Waals surface area contributed by atoms with Crippen molar-refractivity contribution >= 4 is 11.6 Å². The van der Waals surface area contributed by atoms with E-state index in [9.17, 15) is 4.79 Å². The number of carbonyl (C=O) groups is 1. The number of pyridine rings is 1. The lowest BCUT2D eigenvalue weighted by Gasteiger charge is -2.04. The van der Waals surface area contributed by atoms with Crippen molar-refractivity contribution in [1.82, 2.24) is 10.4 Å². The number of nitrogens with one attached hydrogen (secondary N) is 1. The van der Waals surface area contributed by atoms with Crippen LogP contribution < -0.4 is 5.43 Å². The monoisotopic (exact) mass is 231 g/mol. The van der Waals surface area contributed by atoms with Crippen LogP contribution in [-0.4, -0.2) is 16.6 Å². The first kappa shape index (κ1) is 11.8. The Hall–Kier alpha value is -1.71. The lowest BCUT2D eigenvalue weighted by Crippen LogP contribution is -2.22. The molecule has 4 heteroatoms. The molecule has 1 aromatic rings. The minimum Gasteiger partial charge on any atom is -0.273 e. The van der Waals surface area contributed by atoms with Crippen LogP contribution in [0.25, 0.3) is 0 Å². The fraction of sp³-hybridized carbons (Fsp3) is 0.462. The Balaban J connectivity index is 2.01. The highest BCUT2D eigenvalue weighted by atomic mass is 16.2. The van der Waals surface area contributed by atoms with Gasteiger partial charge in [-0.3, -0.25) is 9.78 Å². The molecule has 1 aliphatic carbocycles. The molecule has 0 saturated heterocycles. The summed E-state index contributed by atoms with van der Waals surface area (Å²) in [5.74, 6) is 0.711. The van der Waals surface area contributed by atoms with Gasteiger partial charge >= 0.3 is 0 Å². The smallest absolute Gasteiger partial charge is 0.243 e. The van der Waals surface area contributed by atoms with Crippen molar-refractivity contribution in [3.8, 4) is 0 Å². The molecule has 1 saturated carbocycles. The summed E-state index contributed by atoms with van der Waals surface area (Å²) in [6.07, 6.45) is 5.22. The SMILES string of the molecule is CCC(=NNC(=O)C1CC1C)c1ccncc1. The number of amides is 1. The van der Waals surface area contributed by atoms with Crippen LogP contribution in [0.2, 0.25) is 0 Å². The fourth-order valence-electron chi connectivity index (χ4n) is 1.78. The third-order valence-electron chi connectivity index (χ3n) is 3.10. The second-order valence-electron chi connectivity index (χ2n) is 4.44. The topological polar surface area (TPSA) is 54.4 Å². The van der Waals surface area contributed by atoms with Gasteiger partial charge in [-0.05, 0) is 30.9 Å². The summed E-state index contributed by atoms with van der Waals surface area (Å²) >= 11 is 0. The molecule has 2 rings (SSSR count). The lowest BCUT2D eigenvalue weighted by atomic mass is 10.1. The normalized spacial score (nSPS) is 23.3. The van der Waals surface area contributed by atoms with Gasteiger partial charge in [0, 0.05) is 23.9 Å². The van der Waals surface area contributed by atoms with Crippen molar-refractivity contribution in [3.05, 3.63) is 30.1 Å². The van der Waals surface area contributed by atoms with Crippen LogP contribution in [0.1, 0.15) is 32.3 Å². The van der Waals surface area contributed by atoms with E-state index in [0.717, 1.165) is 24.1 Å². The maximum Gasteiger partial charge on any atom is 0.243 e. The predicted molar refractivity (Wildman–Crippen MR) is 66.5 cm³/mol. The zero-order valence-electron chi connectivity index (χ0n) is 10.2. The van der Waals surface area contributed by atoms with Gasteiger partial charge in [0.1, 0.15) is 0 Å². The summed E-state index contributed by atoms with van der Waals surface area (Å²) in [6.45, 7) is 4.10. The second kappa shape index (κ2) is 5.08. The quantitative estimate of drug-likeness (QED) is 0.636. The highest BCUT2D eigenvalue weighted by Crippen LogP contribution is 2.37. The van der Waals surface area contributed by atoms with E-state index in [1.807, 2.05) is 19.1 Å². The Morgan fingerprint density at radius 3 is 2.71 bits per heavy atom. The molecule has 1 amide bonds. The Labute approximate surface area is 101 Å². The largest absolute Gasteiger partial charge is 0.273 e. The van der Waals surface area contributed by atoms with E-state index in [1.165, 1.54) is 0 Å². The zero-order valence-corrected chi connectivity index (χ0v) is 10.2. The van der Waals surface area contributed by atoms with Crippen molar-refractivity contribution in [2.45, 2.75) is 26.7 Å². The van der Waals surface area contributed by atoms with Crippen LogP contribution in [-0.2, 0) is 4.79 Å². The van der Waals surface area contributed by atoms with Crippen LogP contribution >= 0.6 is 0 Å². The number of aromatic nitrogens is 1. The molecule has 0 spiro atoms. The average molecular weight is 231 g/mol. The van der Waals surface area contributed by atoms with Crippen LogP contribution in [0.4, 0.5) is 0 Å². The van der Waals surface area contributed by atoms with Gasteiger partial charge in [0.25, 0.3) is 0 Å².